The van der Waals surface area contributed by atoms with Crippen LogP contribution < -0.4 is 10.1 Å². The molecular formula is C34H10F12N6O. The van der Waals surface area contributed by atoms with E-state index in [1.807, 2.05) is 0 Å². The van der Waals surface area contributed by atoms with Crippen molar-refractivity contribution in [3.63, 3.8) is 0 Å². The normalized spacial score (nSPS) is 11.0. The zero-order chi connectivity index (χ0) is 39.7. The predicted octanol–water partition coefficient (Wildman–Crippen LogP) is 9.46. The van der Waals surface area contributed by atoms with Crippen LogP contribution in [0.1, 0.15) is 33.4 Å². The number of hydrogen-bond acceptors (Lipinski definition) is 7. The quantitative estimate of drug-likeness (QED) is 0.118. The van der Waals surface area contributed by atoms with E-state index in [4.69, 9.17) is 0 Å². The number of hydrogen-bond donors (Lipinski definition) is 1. The maximum Gasteiger partial charge on any atom is 0.573 e. The second-order valence-corrected chi connectivity index (χ2v) is 10.3. The molecule has 7 nitrogen and oxygen atoms in total. The number of nitrogens with zero attached hydrogens (tertiary/aromatic N) is 5. The van der Waals surface area contributed by atoms with E-state index in [1.54, 1.807) is 0 Å². The molecule has 0 aliphatic heterocycles. The Kier molecular flexibility index (Phi) is 10.4. The molecule has 19 heteroatoms. The standard InChI is InChI=1S/C34H10F12N6O/c1-13-27(35)19(10-49)30(38)26(28(13)36)18-5-3-15(7-23(18)53-34(44,45)46)24(16(8-47)9-48)14-2-4-17(22(6-14)52-33(41,42)43)25-31(39)20(11-50)29(37)21(12-51)32(25)40/h2-7,52H,1H3. The van der Waals surface area contributed by atoms with Crippen LogP contribution in [0, 0.1) is 98.5 Å². The molecule has 4 aromatic rings. The van der Waals surface area contributed by atoms with Gasteiger partial charge in [0.15, 0.2) is 23.3 Å². The van der Waals surface area contributed by atoms with Gasteiger partial charge in [-0.1, -0.05) is 18.2 Å². The third-order valence-corrected chi connectivity index (χ3v) is 7.28. The highest BCUT2D eigenvalue weighted by Gasteiger charge is 2.36. The average molecular weight is 746 g/mol. The van der Waals surface area contributed by atoms with Gasteiger partial charge in [-0.2, -0.15) is 39.5 Å². The summed E-state index contributed by atoms with van der Waals surface area (Å²) in [6.07, 6.45) is -11.1. The van der Waals surface area contributed by atoms with Gasteiger partial charge in [-0.15, -0.1) is 13.2 Å². The molecule has 4 aromatic carbocycles. The van der Waals surface area contributed by atoms with Crippen molar-refractivity contribution < 1.29 is 57.4 Å². The van der Waals surface area contributed by atoms with Gasteiger partial charge >= 0.3 is 12.7 Å². The molecule has 0 aliphatic rings. The number of nitrogens with one attached hydrogen (secondary N) is 1. The fraction of sp³-hybridized carbons (Fsp3) is 0.0882. The van der Waals surface area contributed by atoms with Gasteiger partial charge < -0.3 is 4.74 Å². The highest BCUT2D eigenvalue weighted by Crippen LogP contribution is 2.44. The Balaban J connectivity index is 2.11. The topological polar surface area (TPSA) is 140 Å². The second kappa shape index (κ2) is 14.2. The van der Waals surface area contributed by atoms with E-state index in [0.29, 0.717) is 36.4 Å². The van der Waals surface area contributed by atoms with Crippen molar-refractivity contribution in [2.45, 2.75) is 19.6 Å². The Morgan fingerprint density at radius 1 is 0.604 bits per heavy atom. The van der Waals surface area contributed by atoms with Gasteiger partial charge in [0.25, 0.3) is 0 Å². The molecule has 0 aromatic heterocycles. The van der Waals surface area contributed by atoms with Gasteiger partial charge in [-0.05, 0) is 36.2 Å². The lowest BCUT2D eigenvalue weighted by molar-refractivity contribution is -0.274. The Hall–Kier alpha value is -7.17. The summed E-state index contributed by atoms with van der Waals surface area (Å²) in [4.78, 5) is 0. The first kappa shape index (κ1) is 38.6. The molecule has 0 saturated heterocycles. The van der Waals surface area contributed by atoms with E-state index in [1.165, 1.54) is 12.1 Å². The zero-order valence-electron chi connectivity index (χ0n) is 25.6. The molecule has 0 radical (unpaired) electrons. The van der Waals surface area contributed by atoms with Crippen LogP contribution in [0.15, 0.2) is 42.0 Å². The SMILES string of the molecule is Cc1c(F)c(C#N)c(F)c(-c2ccc(C(=C(C#N)C#N)c3ccc(-c4c(F)c(C#N)c(F)c(C#N)c4F)c(NC(F)(F)F)c3)cc2OC(F)(F)F)c1F. The Bertz CT molecular complexity index is 2410. The highest BCUT2D eigenvalue weighted by atomic mass is 19.4. The third-order valence-electron chi connectivity index (χ3n) is 7.28. The maximum atomic E-state index is 15.3. The molecule has 0 fully saturated rings. The summed E-state index contributed by atoms with van der Waals surface area (Å²) in [6.45, 7) is 0.738. The number of nitriles is 5. The molecule has 4 rings (SSSR count). The van der Waals surface area contributed by atoms with Crippen LogP contribution in [0.5, 0.6) is 5.75 Å². The minimum absolute atomic E-state index is 0.346. The van der Waals surface area contributed by atoms with Crippen LogP contribution >= 0.6 is 0 Å². The van der Waals surface area contributed by atoms with Crippen molar-refractivity contribution in [2.75, 3.05) is 5.32 Å². The van der Waals surface area contributed by atoms with E-state index >= 15 is 17.6 Å². The minimum Gasteiger partial charge on any atom is -0.405 e. The molecule has 0 aliphatic carbocycles. The summed E-state index contributed by atoms with van der Waals surface area (Å²) in [5, 5.41) is 47.9. The Morgan fingerprint density at radius 3 is 1.51 bits per heavy atom. The van der Waals surface area contributed by atoms with Crippen molar-refractivity contribution >= 4 is 11.3 Å². The van der Waals surface area contributed by atoms with E-state index < -0.39 is 126 Å². The van der Waals surface area contributed by atoms with Crippen LogP contribution in [0.3, 0.4) is 0 Å². The summed E-state index contributed by atoms with van der Waals surface area (Å²) >= 11 is 0. The molecule has 0 atom stereocenters. The Morgan fingerprint density at radius 2 is 1.06 bits per heavy atom. The largest absolute Gasteiger partial charge is 0.573 e. The summed E-state index contributed by atoms with van der Waals surface area (Å²) in [5.74, 6) is -12.9. The highest BCUT2D eigenvalue weighted by molar-refractivity contribution is 5.92. The number of anilines is 1. The van der Waals surface area contributed by atoms with Crippen LogP contribution in [0.4, 0.5) is 58.4 Å². The van der Waals surface area contributed by atoms with E-state index in [0.717, 1.165) is 30.4 Å². The number of benzene rings is 4. The molecule has 266 valence electrons. The van der Waals surface area contributed by atoms with Crippen molar-refractivity contribution in [2.24, 2.45) is 0 Å². The summed E-state index contributed by atoms with van der Waals surface area (Å²) in [7, 11) is 0. The number of ether oxygens (including phenoxy) is 1. The number of halogens is 12. The minimum atomic E-state index is -5.63. The maximum absolute atomic E-state index is 15.3. The monoisotopic (exact) mass is 746 g/mol. The first-order valence-electron chi connectivity index (χ1n) is 13.8. The number of rotatable bonds is 6. The lowest BCUT2D eigenvalue weighted by atomic mass is 9.89. The van der Waals surface area contributed by atoms with Gasteiger partial charge in [-0.25, -0.2) is 26.3 Å². The first-order valence-corrected chi connectivity index (χ1v) is 13.8. The van der Waals surface area contributed by atoms with Gasteiger partial charge in [0.2, 0.25) is 0 Å². The molecular weight excluding hydrogens is 736 g/mol. The van der Waals surface area contributed by atoms with E-state index in [-0.39, 0.29) is 0 Å². The van der Waals surface area contributed by atoms with E-state index in [2.05, 4.69) is 4.74 Å². The molecule has 0 unspecified atom stereocenters. The predicted molar refractivity (Wildman–Crippen MR) is 156 cm³/mol. The fourth-order valence-electron chi connectivity index (χ4n) is 5.08. The summed E-state index contributed by atoms with van der Waals surface area (Å²) in [5.41, 5.74) is -15.1. The van der Waals surface area contributed by atoms with Gasteiger partial charge in [0.1, 0.15) is 70.0 Å². The van der Waals surface area contributed by atoms with Crippen molar-refractivity contribution in [1.29, 1.82) is 26.3 Å². The molecule has 0 saturated carbocycles. The second-order valence-electron chi connectivity index (χ2n) is 10.3. The molecule has 1 N–H and O–H groups in total. The van der Waals surface area contributed by atoms with Crippen LogP contribution in [0.25, 0.3) is 27.8 Å². The zero-order valence-corrected chi connectivity index (χ0v) is 25.6. The van der Waals surface area contributed by atoms with Gasteiger partial charge in [-0.3, -0.25) is 5.32 Å². The van der Waals surface area contributed by atoms with Crippen molar-refractivity contribution in [3.05, 3.63) is 110 Å². The van der Waals surface area contributed by atoms with Crippen LogP contribution in [-0.4, -0.2) is 12.7 Å². The lowest BCUT2D eigenvalue weighted by Gasteiger charge is -2.20. The number of alkyl halides is 6. The summed E-state index contributed by atoms with van der Waals surface area (Å²) < 4.78 is 176. The molecule has 53 heavy (non-hydrogen) atoms. The van der Waals surface area contributed by atoms with Gasteiger partial charge in [0, 0.05) is 28.0 Å². The molecule has 0 bridgehead atoms. The van der Waals surface area contributed by atoms with Crippen molar-refractivity contribution in [1.82, 2.24) is 0 Å². The lowest BCUT2D eigenvalue weighted by Crippen LogP contribution is -2.21. The fourth-order valence-corrected chi connectivity index (χ4v) is 5.08. The molecule has 0 amide bonds. The third kappa shape index (κ3) is 7.21. The average Bonchev–Trinajstić information content (AvgIpc) is 3.07. The van der Waals surface area contributed by atoms with Gasteiger partial charge in [0.05, 0.1) is 11.1 Å². The summed E-state index contributed by atoms with van der Waals surface area (Å²) in [6, 6.07) is 9.06. The Labute approximate surface area is 288 Å². The molecule has 0 spiro atoms. The molecule has 0 heterocycles. The van der Waals surface area contributed by atoms with E-state index in [9.17, 15) is 61.4 Å². The first-order chi connectivity index (χ1) is 24.7. The smallest absolute Gasteiger partial charge is 0.405 e. The van der Waals surface area contributed by atoms with Crippen LogP contribution in [-0.2, 0) is 0 Å². The van der Waals surface area contributed by atoms with Crippen LogP contribution in [0.2, 0.25) is 0 Å². The van der Waals surface area contributed by atoms with Crippen molar-refractivity contribution in [3.8, 4) is 58.3 Å². The number of allylic oxidation sites excluding steroid dienone is 1.